The molecule has 0 unspecified atom stereocenters. The van der Waals surface area contributed by atoms with Gasteiger partial charge in [0.1, 0.15) is 29.9 Å². The minimum Gasteiger partial charge on any atom is -0.495 e. The molecule has 2 aromatic heterocycles. The summed E-state index contributed by atoms with van der Waals surface area (Å²) in [6.07, 6.45) is 1.39. The van der Waals surface area contributed by atoms with E-state index >= 15 is 0 Å². The van der Waals surface area contributed by atoms with Crippen LogP contribution in [0.5, 0.6) is 11.5 Å². The van der Waals surface area contributed by atoms with Gasteiger partial charge in [-0.15, -0.1) is 0 Å². The molecule has 164 valence electrons. The zero-order chi connectivity index (χ0) is 22.7. The van der Waals surface area contributed by atoms with Gasteiger partial charge in [0.2, 0.25) is 5.91 Å². The van der Waals surface area contributed by atoms with E-state index in [1.807, 2.05) is 31.2 Å². The van der Waals surface area contributed by atoms with Crippen LogP contribution in [0.2, 0.25) is 5.02 Å². The van der Waals surface area contributed by atoms with Crippen molar-refractivity contribution in [2.75, 3.05) is 19.0 Å². The Bertz CT molecular complexity index is 1330. The molecule has 9 nitrogen and oxygen atoms in total. The summed E-state index contributed by atoms with van der Waals surface area (Å²) in [6.45, 7) is 2.21. The fraction of sp³-hybridized carbons (Fsp3) is 0.182. The van der Waals surface area contributed by atoms with Crippen LogP contribution in [0.25, 0.3) is 16.8 Å². The number of carbonyl (C=O) groups is 1. The zero-order valence-electron chi connectivity index (χ0n) is 17.4. The summed E-state index contributed by atoms with van der Waals surface area (Å²) in [5.74, 6) is 0.761. The molecule has 32 heavy (non-hydrogen) atoms. The predicted molar refractivity (Wildman–Crippen MR) is 120 cm³/mol. The van der Waals surface area contributed by atoms with Gasteiger partial charge in [-0.05, 0) is 55.5 Å². The van der Waals surface area contributed by atoms with Gasteiger partial charge in [0, 0.05) is 10.6 Å². The molecule has 0 saturated heterocycles. The van der Waals surface area contributed by atoms with Crippen molar-refractivity contribution in [2.45, 2.75) is 13.5 Å². The lowest BCUT2D eigenvalue weighted by molar-refractivity contribution is -0.117. The van der Waals surface area contributed by atoms with Crippen LogP contribution in [-0.2, 0) is 11.3 Å². The van der Waals surface area contributed by atoms with E-state index in [-0.39, 0.29) is 6.54 Å². The first kappa shape index (κ1) is 21.4. The van der Waals surface area contributed by atoms with Crippen LogP contribution in [0.4, 0.5) is 5.69 Å². The number of ether oxygens (including phenoxy) is 2. The van der Waals surface area contributed by atoms with Crippen LogP contribution in [0, 0.1) is 0 Å². The summed E-state index contributed by atoms with van der Waals surface area (Å²) in [5, 5.41) is 11.6. The second-order valence-electron chi connectivity index (χ2n) is 6.80. The fourth-order valence-electron chi connectivity index (χ4n) is 3.18. The SMILES string of the molecule is CCOc1ccc(-c2cc3c(=O)n(CC(=O)Nc4cc(Cl)ccc4OC)ncn3n2)cc1. The second-order valence-corrected chi connectivity index (χ2v) is 7.24. The molecule has 0 fully saturated rings. The summed E-state index contributed by atoms with van der Waals surface area (Å²) < 4.78 is 13.1. The van der Waals surface area contributed by atoms with Gasteiger partial charge in [-0.25, -0.2) is 9.20 Å². The van der Waals surface area contributed by atoms with Crippen LogP contribution >= 0.6 is 11.6 Å². The molecule has 0 saturated carbocycles. The maximum atomic E-state index is 12.9. The average molecular weight is 454 g/mol. The molecular weight excluding hydrogens is 434 g/mol. The Morgan fingerprint density at radius 3 is 2.66 bits per heavy atom. The molecule has 0 bridgehead atoms. The van der Waals surface area contributed by atoms with E-state index in [0.717, 1.165) is 16.0 Å². The average Bonchev–Trinajstić information content (AvgIpc) is 3.22. The van der Waals surface area contributed by atoms with E-state index in [4.69, 9.17) is 21.1 Å². The molecule has 4 rings (SSSR count). The Balaban J connectivity index is 1.57. The highest BCUT2D eigenvalue weighted by Crippen LogP contribution is 2.27. The van der Waals surface area contributed by atoms with E-state index in [9.17, 15) is 9.59 Å². The van der Waals surface area contributed by atoms with E-state index in [1.54, 1.807) is 24.3 Å². The number of hydrogen-bond donors (Lipinski definition) is 1. The Morgan fingerprint density at radius 2 is 1.94 bits per heavy atom. The van der Waals surface area contributed by atoms with Gasteiger partial charge in [0.05, 0.1) is 25.1 Å². The van der Waals surface area contributed by atoms with Crippen molar-refractivity contribution in [3.05, 3.63) is 70.2 Å². The predicted octanol–water partition coefficient (Wildman–Crippen LogP) is 3.26. The van der Waals surface area contributed by atoms with E-state index in [2.05, 4.69) is 15.5 Å². The van der Waals surface area contributed by atoms with Crippen molar-refractivity contribution >= 4 is 28.7 Å². The summed E-state index contributed by atoms with van der Waals surface area (Å²) >= 11 is 5.99. The summed E-state index contributed by atoms with van der Waals surface area (Å²) in [6, 6.07) is 13.9. The monoisotopic (exact) mass is 453 g/mol. The highest BCUT2D eigenvalue weighted by Gasteiger charge is 2.14. The Morgan fingerprint density at radius 1 is 1.16 bits per heavy atom. The van der Waals surface area contributed by atoms with Gasteiger partial charge < -0.3 is 14.8 Å². The number of amides is 1. The minimum atomic E-state index is -0.448. The number of hydrogen-bond acceptors (Lipinski definition) is 6. The Kier molecular flexibility index (Phi) is 6.09. The largest absolute Gasteiger partial charge is 0.495 e. The van der Waals surface area contributed by atoms with Gasteiger partial charge >= 0.3 is 0 Å². The normalized spacial score (nSPS) is 10.8. The quantitative estimate of drug-likeness (QED) is 0.461. The molecule has 2 aromatic carbocycles. The number of aromatic nitrogens is 4. The number of anilines is 1. The number of fused-ring (bicyclic) bond motifs is 1. The van der Waals surface area contributed by atoms with E-state index in [1.165, 1.54) is 18.0 Å². The lowest BCUT2D eigenvalue weighted by atomic mass is 10.1. The topological polar surface area (TPSA) is 99.8 Å². The molecular formula is C22H20ClN5O4. The van der Waals surface area contributed by atoms with Crippen molar-refractivity contribution in [1.82, 2.24) is 19.4 Å². The standard InChI is InChI=1S/C22H20ClN5O4/c1-3-32-16-7-4-14(5-8-16)17-11-19-22(30)27(24-13-28(19)26-17)12-21(29)25-18-10-15(23)6-9-20(18)31-2/h4-11,13H,3,12H2,1-2H3,(H,25,29). The third kappa shape index (κ3) is 4.42. The highest BCUT2D eigenvalue weighted by atomic mass is 35.5. The van der Waals surface area contributed by atoms with Crippen molar-refractivity contribution in [2.24, 2.45) is 0 Å². The smallest absolute Gasteiger partial charge is 0.293 e. The van der Waals surface area contributed by atoms with Crippen LogP contribution < -0.4 is 20.3 Å². The first-order chi connectivity index (χ1) is 15.5. The number of rotatable bonds is 7. The minimum absolute atomic E-state index is 0.283. The number of nitrogens with one attached hydrogen (secondary N) is 1. The van der Waals surface area contributed by atoms with Gasteiger partial charge in [0.15, 0.2) is 0 Å². The molecule has 1 amide bonds. The molecule has 0 spiro atoms. The molecule has 0 atom stereocenters. The van der Waals surface area contributed by atoms with E-state index < -0.39 is 11.5 Å². The zero-order valence-corrected chi connectivity index (χ0v) is 18.2. The molecule has 0 aliphatic heterocycles. The van der Waals surface area contributed by atoms with Crippen molar-refractivity contribution in [1.29, 1.82) is 0 Å². The lowest BCUT2D eigenvalue weighted by Gasteiger charge is -2.11. The number of benzene rings is 2. The first-order valence-corrected chi connectivity index (χ1v) is 10.2. The molecule has 10 heteroatoms. The summed E-state index contributed by atoms with van der Waals surface area (Å²) in [5.41, 5.74) is 1.70. The van der Waals surface area contributed by atoms with Crippen LogP contribution in [0.1, 0.15) is 6.92 Å². The molecule has 1 N–H and O–H groups in total. The third-order valence-corrected chi connectivity index (χ3v) is 4.91. The second kappa shape index (κ2) is 9.11. The third-order valence-electron chi connectivity index (χ3n) is 4.68. The Labute approximate surface area is 188 Å². The highest BCUT2D eigenvalue weighted by molar-refractivity contribution is 6.31. The van der Waals surface area contributed by atoms with Crippen LogP contribution in [0.15, 0.2) is 59.7 Å². The van der Waals surface area contributed by atoms with Gasteiger partial charge in [-0.3, -0.25) is 9.59 Å². The van der Waals surface area contributed by atoms with Crippen LogP contribution in [-0.4, -0.2) is 39.0 Å². The van der Waals surface area contributed by atoms with E-state index in [0.29, 0.717) is 34.3 Å². The first-order valence-electron chi connectivity index (χ1n) is 9.80. The molecule has 0 radical (unpaired) electrons. The molecule has 0 aliphatic rings. The number of methoxy groups -OCH3 is 1. The number of nitrogens with zero attached hydrogens (tertiary/aromatic N) is 4. The molecule has 4 aromatic rings. The summed E-state index contributed by atoms with van der Waals surface area (Å²) in [4.78, 5) is 25.4. The molecule has 0 aliphatic carbocycles. The maximum Gasteiger partial charge on any atom is 0.293 e. The number of carbonyl (C=O) groups excluding carboxylic acids is 1. The Hall–Kier alpha value is -3.85. The van der Waals surface area contributed by atoms with Crippen molar-refractivity contribution in [3.8, 4) is 22.8 Å². The van der Waals surface area contributed by atoms with Gasteiger partial charge in [0.25, 0.3) is 5.56 Å². The fourth-order valence-corrected chi connectivity index (χ4v) is 3.36. The van der Waals surface area contributed by atoms with Crippen LogP contribution in [0.3, 0.4) is 0 Å². The summed E-state index contributed by atoms with van der Waals surface area (Å²) in [7, 11) is 1.49. The van der Waals surface area contributed by atoms with Gasteiger partial charge in [-0.2, -0.15) is 10.2 Å². The van der Waals surface area contributed by atoms with Crippen molar-refractivity contribution < 1.29 is 14.3 Å². The van der Waals surface area contributed by atoms with Crippen molar-refractivity contribution in [3.63, 3.8) is 0 Å². The lowest BCUT2D eigenvalue weighted by Crippen LogP contribution is -2.30. The maximum absolute atomic E-state index is 12.9. The van der Waals surface area contributed by atoms with Gasteiger partial charge in [-0.1, -0.05) is 11.6 Å². The number of halogens is 1. The molecule has 2 heterocycles.